The lowest BCUT2D eigenvalue weighted by atomic mass is 9.93. The monoisotopic (exact) mass is 413 g/mol. The zero-order chi connectivity index (χ0) is 21.4. The van der Waals surface area contributed by atoms with Crippen molar-refractivity contribution < 1.29 is 9.66 Å². The molecular formula is C25H23N3O3. The number of nitrogens with zero attached hydrogens (tertiary/aromatic N) is 2. The van der Waals surface area contributed by atoms with Crippen molar-refractivity contribution in [1.82, 2.24) is 9.88 Å². The van der Waals surface area contributed by atoms with Crippen LogP contribution in [0.5, 0.6) is 5.75 Å². The minimum absolute atomic E-state index is 0.0330. The summed E-state index contributed by atoms with van der Waals surface area (Å²) in [7, 11) is 2.09. The van der Waals surface area contributed by atoms with E-state index in [4.69, 9.17) is 4.74 Å². The van der Waals surface area contributed by atoms with E-state index < -0.39 is 0 Å². The minimum atomic E-state index is -0.361. The Bertz CT molecular complexity index is 1230. The fourth-order valence-electron chi connectivity index (χ4n) is 4.42. The third-order valence-electron chi connectivity index (χ3n) is 6.01. The van der Waals surface area contributed by atoms with E-state index in [1.807, 2.05) is 36.4 Å². The Hall–Kier alpha value is -3.64. The van der Waals surface area contributed by atoms with Gasteiger partial charge in [-0.1, -0.05) is 42.5 Å². The van der Waals surface area contributed by atoms with Gasteiger partial charge in [-0.25, -0.2) is 0 Å². The molecular weight excluding hydrogens is 390 g/mol. The number of benzene rings is 3. The molecule has 0 radical (unpaired) electrons. The number of ether oxygens (including phenoxy) is 1. The van der Waals surface area contributed by atoms with Gasteiger partial charge in [-0.05, 0) is 48.4 Å². The fourth-order valence-corrected chi connectivity index (χ4v) is 4.42. The second-order valence-corrected chi connectivity index (χ2v) is 7.98. The Morgan fingerprint density at radius 3 is 2.61 bits per heavy atom. The second kappa shape index (κ2) is 7.89. The molecule has 0 saturated carbocycles. The number of hydrogen-bond donors (Lipinski definition) is 1. The van der Waals surface area contributed by atoms with Crippen LogP contribution >= 0.6 is 0 Å². The molecule has 1 aliphatic heterocycles. The molecule has 1 unspecified atom stereocenters. The number of nitro benzene ring substituents is 1. The molecule has 0 aliphatic carbocycles. The topological polar surface area (TPSA) is 71.4 Å². The van der Waals surface area contributed by atoms with E-state index in [9.17, 15) is 10.1 Å². The van der Waals surface area contributed by atoms with Crippen LogP contribution in [0, 0.1) is 10.1 Å². The summed E-state index contributed by atoms with van der Waals surface area (Å²) in [5.74, 6) is 0.851. The van der Waals surface area contributed by atoms with Crippen LogP contribution < -0.4 is 4.74 Å². The molecule has 0 spiro atoms. The summed E-state index contributed by atoms with van der Waals surface area (Å²) in [5, 5.41) is 12.2. The largest absolute Gasteiger partial charge is 0.489 e. The fraction of sp³-hybridized carbons (Fsp3) is 0.200. The summed E-state index contributed by atoms with van der Waals surface area (Å²) in [6, 6.07) is 23.2. The van der Waals surface area contributed by atoms with Gasteiger partial charge in [0.05, 0.1) is 11.0 Å². The molecule has 1 aliphatic rings. The summed E-state index contributed by atoms with van der Waals surface area (Å²) in [5.41, 5.74) is 5.82. The first-order chi connectivity index (χ1) is 15.1. The molecule has 0 fully saturated rings. The SMILES string of the molecule is CN1CCc2c([nH]c3ccc(OCc4ccccc4)cc23)C1c1ccc([N+](=O)[O-])cc1. The van der Waals surface area contributed by atoms with Gasteiger partial charge in [0, 0.05) is 35.3 Å². The lowest BCUT2D eigenvalue weighted by Crippen LogP contribution is -2.32. The van der Waals surface area contributed by atoms with Crippen LogP contribution in [0.4, 0.5) is 5.69 Å². The third-order valence-corrected chi connectivity index (χ3v) is 6.01. The summed E-state index contributed by atoms with van der Waals surface area (Å²) in [4.78, 5) is 16.5. The van der Waals surface area contributed by atoms with Crippen molar-refractivity contribution in [2.24, 2.45) is 0 Å². The van der Waals surface area contributed by atoms with Gasteiger partial charge in [0.2, 0.25) is 0 Å². The standard InChI is InChI=1S/C25H23N3O3/c1-27-14-13-21-22-15-20(31-16-17-5-3-2-4-6-17)11-12-23(22)26-24(21)25(27)18-7-9-19(10-8-18)28(29)30/h2-12,15,25-26H,13-14,16H2,1H3. The highest BCUT2D eigenvalue weighted by molar-refractivity contribution is 5.86. The van der Waals surface area contributed by atoms with Gasteiger partial charge in [0.25, 0.3) is 5.69 Å². The average molecular weight is 413 g/mol. The molecule has 1 atom stereocenters. The maximum Gasteiger partial charge on any atom is 0.269 e. The molecule has 0 bridgehead atoms. The number of non-ortho nitro benzene ring substituents is 1. The molecule has 0 saturated heterocycles. The zero-order valence-corrected chi connectivity index (χ0v) is 17.2. The van der Waals surface area contributed by atoms with Gasteiger partial charge in [-0.15, -0.1) is 0 Å². The van der Waals surface area contributed by atoms with Crippen LogP contribution in [-0.4, -0.2) is 28.4 Å². The molecule has 2 heterocycles. The van der Waals surface area contributed by atoms with Crippen molar-refractivity contribution >= 4 is 16.6 Å². The van der Waals surface area contributed by atoms with Gasteiger partial charge in [-0.3, -0.25) is 15.0 Å². The van der Waals surface area contributed by atoms with Crippen molar-refractivity contribution in [3.05, 3.63) is 105 Å². The van der Waals surface area contributed by atoms with Crippen molar-refractivity contribution in [2.45, 2.75) is 19.1 Å². The highest BCUT2D eigenvalue weighted by Gasteiger charge is 2.29. The van der Waals surface area contributed by atoms with Crippen molar-refractivity contribution in [1.29, 1.82) is 0 Å². The number of aromatic amines is 1. The average Bonchev–Trinajstić information content (AvgIpc) is 3.16. The Morgan fingerprint density at radius 1 is 1.10 bits per heavy atom. The normalized spacial score (nSPS) is 16.2. The molecule has 31 heavy (non-hydrogen) atoms. The molecule has 1 N–H and O–H groups in total. The van der Waals surface area contributed by atoms with E-state index in [1.165, 1.54) is 10.9 Å². The van der Waals surface area contributed by atoms with E-state index in [0.717, 1.165) is 41.1 Å². The number of likely N-dealkylation sites (N-methyl/N-ethyl adjacent to an activating group) is 1. The first-order valence-electron chi connectivity index (χ1n) is 10.4. The maximum atomic E-state index is 11.0. The van der Waals surface area contributed by atoms with Crippen molar-refractivity contribution in [3.8, 4) is 5.75 Å². The third kappa shape index (κ3) is 3.66. The number of rotatable bonds is 5. The molecule has 6 nitrogen and oxygen atoms in total. The quantitative estimate of drug-likeness (QED) is 0.359. The zero-order valence-electron chi connectivity index (χ0n) is 17.2. The summed E-state index contributed by atoms with van der Waals surface area (Å²) < 4.78 is 6.04. The van der Waals surface area contributed by atoms with Crippen LogP contribution in [-0.2, 0) is 13.0 Å². The van der Waals surface area contributed by atoms with Gasteiger partial charge in [0.1, 0.15) is 12.4 Å². The number of nitrogens with one attached hydrogen (secondary N) is 1. The Labute approximate surface area is 180 Å². The molecule has 3 aromatic carbocycles. The predicted molar refractivity (Wildman–Crippen MR) is 120 cm³/mol. The number of hydrogen-bond acceptors (Lipinski definition) is 4. The first-order valence-corrected chi connectivity index (χ1v) is 10.4. The number of fused-ring (bicyclic) bond motifs is 3. The number of H-pyrrole nitrogens is 1. The van der Waals surface area contributed by atoms with Gasteiger partial charge in [0.15, 0.2) is 0 Å². The van der Waals surface area contributed by atoms with Crippen LogP contribution in [0.15, 0.2) is 72.8 Å². The van der Waals surface area contributed by atoms with Crippen molar-refractivity contribution in [3.63, 3.8) is 0 Å². The minimum Gasteiger partial charge on any atom is -0.489 e. The van der Waals surface area contributed by atoms with Gasteiger partial charge in [-0.2, -0.15) is 0 Å². The predicted octanol–water partition coefficient (Wildman–Crippen LogP) is 5.23. The van der Waals surface area contributed by atoms with E-state index in [0.29, 0.717) is 6.61 Å². The molecule has 6 heteroatoms. The number of nitro groups is 1. The van der Waals surface area contributed by atoms with E-state index in [1.54, 1.807) is 12.1 Å². The molecule has 5 rings (SSSR count). The molecule has 4 aromatic rings. The van der Waals surface area contributed by atoms with Crippen LogP contribution in [0.2, 0.25) is 0 Å². The summed E-state index contributed by atoms with van der Waals surface area (Å²) >= 11 is 0. The maximum absolute atomic E-state index is 11.0. The smallest absolute Gasteiger partial charge is 0.269 e. The molecule has 0 amide bonds. The van der Waals surface area contributed by atoms with Gasteiger partial charge < -0.3 is 9.72 Å². The lowest BCUT2D eigenvalue weighted by molar-refractivity contribution is -0.384. The summed E-state index contributed by atoms with van der Waals surface area (Å²) in [6.45, 7) is 1.45. The molecule has 1 aromatic heterocycles. The molecule has 156 valence electrons. The highest BCUT2D eigenvalue weighted by Crippen LogP contribution is 2.39. The second-order valence-electron chi connectivity index (χ2n) is 7.98. The van der Waals surface area contributed by atoms with Crippen LogP contribution in [0.1, 0.15) is 28.4 Å². The van der Waals surface area contributed by atoms with Crippen molar-refractivity contribution in [2.75, 3.05) is 13.6 Å². The van der Waals surface area contributed by atoms with E-state index >= 15 is 0 Å². The van der Waals surface area contributed by atoms with E-state index in [-0.39, 0.29) is 16.7 Å². The highest BCUT2D eigenvalue weighted by atomic mass is 16.6. The Kier molecular flexibility index (Phi) is 4.92. The van der Waals surface area contributed by atoms with Crippen LogP contribution in [0.3, 0.4) is 0 Å². The Balaban J connectivity index is 1.48. The Morgan fingerprint density at radius 2 is 1.87 bits per heavy atom. The van der Waals surface area contributed by atoms with E-state index in [2.05, 4.69) is 41.2 Å². The first kappa shape index (κ1) is 19.3. The summed E-state index contributed by atoms with van der Waals surface area (Å²) in [6.07, 6.45) is 0.942. The number of aromatic nitrogens is 1. The lowest BCUT2D eigenvalue weighted by Gasteiger charge is -2.33. The van der Waals surface area contributed by atoms with Gasteiger partial charge >= 0.3 is 0 Å². The van der Waals surface area contributed by atoms with Crippen LogP contribution in [0.25, 0.3) is 10.9 Å².